The van der Waals surface area contributed by atoms with Gasteiger partial charge in [-0.15, -0.1) is 0 Å². The fourth-order valence-corrected chi connectivity index (χ4v) is 4.32. The van der Waals surface area contributed by atoms with E-state index in [2.05, 4.69) is 9.97 Å². The highest BCUT2D eigenvalue weighted by Gasteiger charge is 2.36. The average molecular weight is 442 g/mol. The minimum absolute atomic E-state index is 0.177. The minimum Gasteiger partial charge on any atom is -0.374 e. The van der Waals surface area contributed by atoms with Gasteiger partial charge in [-0.1, -0.05) is 60.1 Å². The molecule has 32 heavy (non-hydrogen) atoms. The number of aromatic nitrogens is 3. The molecule has 0 bridgehead atoms. The summed E-state index contributed by atoms with van der Waals surface area (Å²) in [6, 6.07) is 24.0. The van der Waals surface area contributed by atoms with Crippen LogP contribution >= 0.6 is 11.6 Å². The van der Waals surface area contributed by atoms with Gasteiger partial charge in [0, 0.05) is 29.0 Å². The van der Waals surface area contributed by atoms with E-state index in [1.165, 1.54) is 0 Å². The Kier molecular flexibility index (Phi) is 4.93. The molecule has 5 nitrogen and oxygen atoms in total. The Balaban J connectivity index is 1.81. The number of halogens is 1. The van der Waals surface area contributed by atoms with Gasteiger partial charge in [0.25, 0.3) is 0 Å². The number of nitrogens with zero attached hydrogens (tertiary/aromatic N) is 2. The van der Waals surface area contributed by atoms with Crippen LogP contribution in [0, 0.1) is 0 Å². The van der Waals surface area contributed by atoms with Crippen LogP contribution in [0.15, 0.2) is 96.2 Å². The van der Waals surface area contributed by atoms with Crippen molar-refractivity contribution >= 4 is 22.5 Å². The number of H-pyrrole nitrogens is 1. The molecule has 0 radical (unpaired) electrons. The maximum atomic E-state index is 12.3. The van der Waals surface area contributed by atoms with Crippen molar-refractivity contribution in [1.29, 1.82) is 0 Å². The van der Waals surface area contributed by atoms with Crippen molar-refractivity contribution in [2.75, 3.05) is 0 Å². The molecule has 0 fully saturated rings. The lowest BCUT2D eigenvalue weighted by molar-refractivity contribution is 0.117. The van der Waals surface area contributed by atoms with Gasteiger partial charge in [-0.05, 0) is 46.5 Å². The fraction of sp³-hybridized carbons (Fsp3) is 0.0769. The molecule has 0 aliphatic rings. The van der Waals surface area contributed by atoms with Crippen LogP contribution in [0.2, 0.25) is 5.02 Å². The average Bonchev–Trinajstić information content (AvgIpc) is 3.25. The van der Waals surface area contributed by atoms with Crippen LogP contribution in [0.4, 0.5) is 0 Å². The Hall–Kier alpha value is -3.67. The molecule has 0 spiro atoms. The molecule has 1 atom stereocenters. The van der Waals surface area contributed by atoms with Crippen molar-refractivity contribution in [3.63, 3.8) is 0 Å². The summed E-state index contributed by atoms with van der Waals surface area (Å²) >= 11 is 6.11. The number of aromatic amines is 1. The van der Waals surface area contributed by atoms with Crippen molar-refractivity contribution in [2.45, 2.75) is 5.60 Å². The van der Waals surface area contributed by atoms with Crippen molar-refractivity contribution in [3.8, 4) is 11.1 Å². The normalized spacial score (nSPS) is 13.2. The second-order valence-electron chi connectivity index (χ2n) is 7.78. The third-order valence-electron chi connectivity index (χ3n) is 5.79. The summed E-state index contributed by atoms with van der Waals surface area (Å²) in [6.07, 6.45) is 3.31. The van der Waals surface area contributed by atoms with Crippen LogP contribution in [0.1, 0.15) is 16.8 Å². The van der Waals surface area contributed by atoms with Crippen LogP contribution in [0.3, 0.4) is 0 Å². The van der Waals surface area contributed by atoms with E-state index in [1.54, 1.807) is 35.3 Å². The topological polar surface area (TPSA) is 70.9 Å². The van der Waals surface area contributed by atoms with Crippen molar-refractivity contribution in [2.24, 2.45) is 7.05 Å². The Labute approximate surface area is 189 Å². The van der Waals surface area contributed by atoms with Crippen molar-refractivity contribution in [3.05, 3.63) is 124 Å². The van der Waals surface area contributed by atoms with Gasteiger partial charge in [-0.3, -0.25) is 4.79 Å². The summed E-state index contributed by atoms with van der Waals surface area (Å²) in [6.45, 7) is 0. The van der Waals surface area contributed by atoms with Gasteiger partial charge in [0.1, 0.15) is 0 Å². The molecular weight excluding hydrogens is 422 g/mol. The van der Waals surface area contributed by atoms with Gasteiger partial charge in [0.2, 0.25) is 5.56 Å². The van der Waals surface area contributed by atoms with E-state index in [9.17, 15) is 9.90 Å². The molecule has 0 amide bonds. The first-order valence-electron chi connectivity index (χ1n) is 10.1. The molecular formula is C26H20ClN3O2. The summed E-state index contributed by atoms with van der Waals surface area (Å²) in [5.41, 5.74) is 2.70. The third-order valence-corrected chi connectivity index (χ3v) is 6.05. The highest BCUT2D eigenvalue weighted by Crippen LogP contribution is 2.39. The SMILES string of the molecule is Cn1cncc1C(O)(c1ccc(Cl)cc1)c1ccc2[nH]c(=O)cc(-c3ccccc3)c2c1. The number of hydrogen-bond acceptors (Lipinski definition) is 3. The third kappa shape index (κ3) is 3.32. The number of imidazole rings is 1. The molecule has 5 aromatic rings. The number of benzene rings is 3. The molecule has 1 unspecified atom stereocenters. The van der Waals surface area contributed by atoms with Gasteiger partial charge in [0.05, 0.1) is 18.2 Å². The predicted octanol–water partition coefficient (Wildman–Crippen LogP) is 4.87. The predicted molar refractivity (Wildman–Crippen MR) is 127 cm³/mol. The number of fused-ring (bicyclic) bond motifs is 1. The summed E-state index contributed by atoms with van der Waals surface area (Å²) in [7, 11) is 1.84. The number of hydrogen-bond donors (Lipinski definition) is 2. The highest BCUT2D eigenvalue weighted by atomic mass is 35.5. The molecule has 5 rings (SSSR count). The van der Waals surface area contributed by atoms with Crippen LogP contribution in [-0.2, 0) is 12.6 Å². The van der Waals surface area contributed by atoms with Crippen LogP contribution < -0.4 is 5.56 Å². The van der Waals surface area contributed by atoms with Gasteiger partial charge in [-0.2, -0.15) is 0 Å². The zero-order valence-electron chi connectivity index (χ0n) is 17.3. The van der Waals surface area contributed by atoms with E-state index in [4.69, 9.17) is 11.6 Å². The van der Waals surface area contributed by atoms with E-state index in [-0.39, 0.29) is 5.56 Å². The monoisotopic (exact) mass is 441 g/mol. The minimum atomic E-state index is -1.48. The lowest BCUT2D eigenvalue weighted by Gasteiger charge is -2.30. The molecule has 2 heterocycles. The molecule has 3 aromatic carbocycles. The zero-order chi connectivity index (χ0) is 22.3. The van der Waals surface area contributed by atoms with Gasteiger partial charge < -0.3 is 14.7 Å². The lowest BCUT2D eigenvalue weighted by atomic mass is 9.82. The largest absolute Gasteiger partial charge is 0.374 e. The molecule has 0 saturated carbocycles. The summed E-state index contributed by atoms with van der Waals surface area (Å²) in [5.74, 6) is 0. The molecule has 158 valence electrons. The van der Waals surface area contributed by atoms with E-state index in [0.29, 0.717) is 27.4 Å². The quantitative estimate of drug-likeness (QED) is 0.418. The number of aliphatic hydroxyl groups is 1. The fourth-order valence-electron chi connectivity index (χ4n) is 4.19. The summed E-state index contributed by atoms with van der Waals surface area (Å²) in [4.78, 5) is 19.4. The number of pyridine rings is 1. The standard InChI is InChI=1S/C26H20ClN3O2/c1-30-16-28-15-24(30)26(32,18-7-10-20(27)11-8-18)19-9-12-23-22(13-19)21(14-25(31)29-23)17-5-3-2-4-6-17/h2-16,32H,1H3,(H,29,31). The van der Waals surface area contributed by atoms with Gasteiger partial charge in [-0.25, -0.2) is 4.98 Å². The van der Waals surface area contributed by atoms with Crippen LogP contribution in [0.25, 0.3) is 22.0 Å². The number of nitrogens with one attached hydrogen (secondary N) is 1. The Morgan fingerprint density at radius 3 is 2.38 bits per heavy atom. The van der Waals surface area contributed by atoms with E-state index < -0.39 is 5.60 Å². The second kappa shape index (κ2) is 7.79. The Bertz CT molecular complexity index is 1470. The van der Waals surface area contributed by atoms with E-state index in [1.807, 2.05) is 67.7 Å². The first kappa shape index (κ1) is 20.2. The van der Waals surface area contributed by atoms with E-state index >= 15 is 0 Å². The van der Waals surface area contributed by atoms with E-state index in [0.717, 1.165) is 16.5 Å². The first-order chi connectivity index (χ1) is 15.5. The molecule has 0 aliphatic carbocycles. The van der Waals surface area contributed by atoms with Crippen LogP contribution in [-0.4, -0.2) is 19.6 Å². The summed E-state index contributed by atoms with van der Waals surface area (Å²) in [5, 5.41) is 13.6. The zero-order valence-corrected chi connectivity index (χ0v) is 18.0. The number of aryl methyl sites for hydroxylation is 1. The first-order valence-corrected chi connectivity index (χ1v) is 10.5. The molecule has 2 aromatic heterocycles. The van der Waals surface area contributed by atoms with Gasteiger partial charge >= 0.3 is 0 Å². The highest BCUT2D eigenvalue weighted by molar-refractivity contribution is 6.30. The maximum absolute atomic E-state index is 12.3. The molecule has 2 N–H and O–H groups in total. The molecule has 0 aliphatic heterocycles. The van der Waals surface area contributed by atoms with Crippen molar-refractivity contribution in [1.82, 2.24) is 14.5 Å². The van der Waals surface area contributed by atoms with Crippen LogP contribution in [0.5, 0.6) is 0 Å². The maximum Gasteiger partial charge on any atom is 0.249 e. The van der Waals surface area contributed by atoms with Gasteiger partial charge in [0.15, 0.2) is 5.60 Å². The Morgan fingerprint density at radius 1 is 0.969 bits per heavy atom. The Morgan fingerprint density at radius 2 is 1.69 bits per heavy atom. The molecule has 0 saturated heterocycles. The lowest BCUT2D eigenvalue weighted by Crippen LogP contribution is -2.31. The number of rotatable bonds is 4. The smallest absolute Gasteiger partial charge is 0.249 e. The summed E-state index contributed by atoms with van der Waals surface area (Å²) < 4.78 is 1.80. The second-order valence-corrected chi connectivity index (χ2v) is 8.22. The van der Waals surface area contributed by atoms with Crippen molar-refractivity contribution < 1.29 is 5.11 Å². The molecule has 6 heteroatoms.